The molecule has 1 heterocycles. The van der Waals surface area contributed by atoms with Crippen LogP contribution in [-0.2, 0) is 0 Å². The molecular formula is C33H18F3N7S. The summed E-state index contributed by atoms with van der Waals surface area (Å²) in [5, 5.41) is 29.0. The average Bonchev–Trinajstić information content (AvgIpc) is 3.05. The molecule has 0 aliphatic heterocycles. The molecule has 0 saturated heterocycles. The van der Waals surface area contributed by atoms with Crippen molar-refractivity contribution in [3.63, 3.8) is 0 Å². The highest BCUT2D eigenvalue weighted by atomic mass is 32.1. The van der Waals surface area contributed by atoms with Gasteiger partial charge in [0.25, 0.3) is 0 Å². The molecule has 5 N–H and O–H groups in total. The van der Waals surface area contributed by atoms with Crippen LogP contribution in [0, 0.1) is 45.5 Å². The van der Waals surface area contributed by atoms with Gasteiger partial charge in [-0.2, -0.15) is 10.5 Å². The van der Waals surface area contributed by atoms with E-state index in [1.807, 2.05) is 42.5 Å². The van der Waals surface area contributed by atoms with E-state index in [2.05, 4.69) is 17.2 Å². The lowest BCUT2D eigenvalue weighted by Gasteiger charge is -2.24. The van der Waals surface area contributed by atoms with Crippen LogP contribution >= 0.6 is 12.8 Å². The van der Waals surface area contributed by atoms with Crippen molar-refractivity contribution < 1.29 is 13.2 Å². The zero-order chi connectivity index (χ0) is 31.3. The lowest BCUT2D eigenvalue weighted by atomic mass is 9.82. The molecule has 1 aliphatic rings. The van der Waals surface area contributed by atoms with E-state index < -0.39 is 34.4 Å². The number of nitrogens with two attached hydrogens (primary N) is 2. The third-order valence-corrected chi connectivity index (χ3v) is 7.58. The Labute approximate surface area is 254 Å². The fourth-order valence-electron chi connectivity index (χ4n) is 5.32. The largest absolute Gasteiger partial charge is 0.394 e. The minimum atomic E-state index is -1.39. The summed E-state index contributed by atoms with van der Waals surface area (Å²) in [4.78, 5) is 4.83. The molecule has 44 heavy (non-hydrogen) atoms. The number of nitrogens with one attached hydrogen (secondary N) is 1. The molecule has 212 valence electrons. The molecule has 0 saturated carbocycles. The smallest absolute Gasteiger partial charge is 0.174 e. The summed E-state index contributed by atoms with van der Waals surface area (Å²) in [6, 6.07) is 22.2. The van der Waals surface area contributed by atoms with Crippen molar-refractivity contribution >= 4 is 58.2 Å². The number of nitrogen functional groups attached to an aromatic ring is 2. The lowest BCUT2D eigenvalue weighted by molar-refractivity contribution is 0.560. The summed E-state index contributed by atoms with van der Waals surface area (Å²) in [5.74, 6) is -4.03. The molecule has 0 unspecified atom stereocenters. The number of halogens is 3. The molecule has 6 rings (SSSR count). The molecule has 0 spiro atoms. The van der Waals surface area contributed by atoms with E-state index in [0.717, 1.165) is 5.56 Å². The normalized spacial score (nSPS) is 13.4. The minimum Gasteiger partial charge on any atom is -0.394 e. The van der Waals surface area contributed by atoms with Crippen molar-refractivity contribution in [3.8, 4) is 34.5 Å². The van der Waals surface area contributed by atoms with Crippen molar-refractivity contribution in [2.45, 2.75) is 0 Å². The number of hydrogen-bond acceptors (Lipinski definition) is 8. The zero-order valence-corrected chi connectivity index (χ0v) is 23.3. The number of nitrogens with zero attached hydrogens (tertiary/aromatic N) is 4. The van der Waals surface area contributed by atoms with Gasteiger partial charge in [0.15, 0.2) is 17.5 Å². The number of aromatic nitrogens is 1. The Morgan fingerprint density at radius 2 is 1.41 bits per heavy atom. The minimum absolute atomic E-state index is 0.00216. The summed E-state index contributed by atoms with van der Waals surface area (Å²) < 4.78 is 48.6. The predicted molar refractivity (Wildman–Crippen MR) is 168 cm³/mol. The number of rotatable bonds is 3. The molecule has 7 nitrogen and oxygen atoms in total. The standard InChI is InChI=1S/C33H18F3N7S/c34-26-24(27(35)31(41)28(36)30(26)40)18-6-7-20-23(11-18)42-32(19-9-15(13-37)8-16(10-19)14-38)22-12-21(17-4-2-1-3-5-17)33(43-44)29(39)25(20)22/h1-12,39,44H,40-41H2/b39-29?,43-33-. The molecule has 4 aromatic carbocycles. The van der Waals surface area contributed by atoms with Crippen molar-refractivity contribution in [2.75, 3.05) is 11.5 Å². The average molecular weight is 602 g/mol. The van der Waals surface area contributed by atoms with Gasteiger partial charge in [-0.1, -0.05) is 42.5 Å². The first-order valence-electron chi connectivity index (χ1n) is 12.9. The quantitative estimate of drug-likeness (QED) is 0.129. The number of pyridine rings is 1. The van der Waals surface area contributed by atoms with Gasteiger partial charge in [0.2, 0.25) is 0 Å². The summed E-state index contributed by atoms with van der Waals surface area (Å²) in [5.41, 5.74) is 12.4. The maximum atomic E-state index is 15.1. The molecule has 0 radical (unpaired) electrons. The van der Waals surface area contributed by atoms with E-state index in [0.29, 0.717) is 33.3 Å². The number of fused-ring (bicyclic) bond motifs is 3. The SMILES string of the molecule is N#Cc1cc(C#N)cc(-c2nc3cc(-c4c(F)c(N)c(F)c(N)c4F)ccc3c3c2C=C(c2ccccc2)/C(=N/S)C3=N)c1. The summed E-state index contributed by atoms with van der Waals surface area (Å²) in [7, 11) is 0. The van der Waals surface area contributed by atoms with Gasteiger partial charge in [-0.15, -0.1) is 0 Å². The Hall–Kier alpha value is -5.91. The molecule has 1 aliphatic carbocycles. The van der Waals surface area contributed by atoms with Gasteiger partial charge in [0.1, 0.15) is 17.1 Å². The molecule has 0 amide bonds. The summed E-state index contributed by atoms with van der Waals surface area (Å²) in [6.07, 6.45) is 1.80. The van der Waals surface area contributed by atoms with E-state index in [4.69, 9.17) is 16.5 Å². The Balaban J connectivity index is 1.73. The van der Waals surface area contributed by atoms with Gasteiger partial charge in [0.05, 0.1) is 45.8 Å². The first-order valence-corrected chi connectivity index (χ1v) is 13.3. The van der Waals surface area contributed by atoms with Gasteiger partial charge in [-0.3, -0.25) is 5.41 Å². The highest BCUT2D eigenvalue weighted by Gasteiger charge is 2.30. The highest BCUT2D eigenvalue weighted by Crippen LogP contribution is 2.41. The molecular weight excluding hydrogens is 583 g/mol. The van der Waals surface area contributed by atoms with Crippen molar-refractivity contribution in [1.29, 1.82) is 15.9 Å². The number of thiol groups is 1. The number of allylic oxidation sites excluding steroid dienone is 1. The van der Waals surface area contributed by atoms with Crippen LogP contribution in [0.3, 0.4) is 0 Å². The Morgan fingerprint density at radius 1 is 0.773 bits per heavy atom. The van der Waals surface area contributed by atoms with Gasteiger partial charge >= 0.3 is 0 Å². The number of benzene rings is 4. The molecule has 0 bridgehead atoms. The van der Waals surface area contributed by atoms with E-state index in [1.54, 1.807) is 18.2 Å². The molecule has 0 fully saturated rings. The van der Waals surface area contributed by atoms with Crippen molar-refractivity contribution in [2.24, 2.45) is 4.40 Å². The fourth-order valence-corrected chi connectivity index (χ4v) is 5.53. The molecule has 1 aromatic heterocycles. The molecule has 11 heteroatoms. The third-order valence-electron chi connectivity index (χ3n) is 7.38. The first kappa shape index (κ1) is 28.2. The second-order valence-electron chi connectivity index (χ2n) is 9.90. The lowest BCUT2D eigenvalue weighted by Crippen LogP contribution is -2.22. The number of nitriles is 2. The van der Waals surface area contributed by atoms with Crippen LogP contribution in [0.2, 0.25) is 0 Å². The zero-order valence-electron chi connectivity index (χ0n) is 22.5. The van der Waals surface area contributed by atoms with E-state index in [9.17, 15) is 20.3 Å². The topological polar surface area (TPSA) is 149 Å². The van der Waals surface area contributed by atoms with Gasteiger partial charge < -0.3 is 11.5 Å². The monoisotopic (exact) mass is 601 g/mol. The maximum Gasteiger partial charge on any atom is 0.174 e. The van der Waals surface area contributed by atoms with E-state index >= 15 is 8.78 Å². The van der Waals surface area contributed by atoms with Gasteiger partial charge in [0, 0.05) is 27.6 Å². The maximum absolute atomic E-state index is 15.1. The van der Waals surface area contributed by atoms with Crippen LogP contribution in [0.1, 0.15) is 27.8 Å². The van der Waals surface area contributed by atoms with Crippen LogP contribution in [0.15, 0.2) is 71.1 Å². The van der Waals surface area contributed by atoms with Crippen LogP contribution in [0.4, 0.5) is 24.5 Å². The van der Waals surface area contributed by atoms with Crippen LogP contribution in [-0.4, -0.2) is 16.4 Å². The first-order chi connectivity index (χ1) is 21.2. The second-order valence-corrected chi connectivity index (χ2v) is 10.1. The second kappa shape index (κ2) is 10.7. The third kappa shape index (κ3) is 4.35. The Kier molecular flexibility index (Phi) is 6.88. The van der Waals surface area contributed by atoms with Crippen molar-refractivity contribution in [1.82, 2.24) is 4.98 Å². The fraction of sp³-hybridized carbons (Fsp3) is 0. The highest BCUT2D eigenvalue weighted by molar-refractivity contribution is 7.79. The Bertz CT molecular complexity index is 2170. The van der Waals surface area contributed by atoms with Crippen molar-refractivity contribution in [3.05, 3.63) is 112 Å². The Morgan fingerprint density at radius 3 is 2.00 bits per heavy atom. The van der Waals surface area contributed by atoms with E-state index in [-0.39, 0.29) is 33.6 Å². The number of anilines is 2. The number of hydrogen-bond donors (Lipinski definition) is 4. The summed E-state index contributed by atoms with van der Waals surface area (Å²) >= 11 is 4.16. The van der Waals surface area contributed by atoms with Gasteiger partial charge in [-0.25, -0.2) is 22.6 Å². The van der Waals surface area contributed by atoms with Crippen LogP contribution in [0.5, 0.6) is 0 Å². The summed E-state index contributed by atoms with van der Waals surface area (Å²) in [6.45, 7) is 0. The van der Waals surface area contributed by atoms with Crippen LogP contribution in [0.25, 0.3) is 44.9 Å². The van der Waals surface area contributed by atoms with Gasteiger partial charge in [-0.05, 0) is 54.3 Å². The van der Waals surface area contributed by atoms with E-state index in [1.165, 1.54) is 24.3 Å². The molecule has 0 atom stereocenters. The molecule has 5 aromatic rings. The van der Waals surface area contributed by atoms with Crippen LogP contribution < -0.4 is 11.5 Å². The predicted octanol–water partition coefficient (Wildman–Crippen LogP) is 7.10.